The average Bonchev–Trinajstić information content (AvgIpc) is 3.05. The van der Waals surface area contributed by atoms with Crippen LogP contribution in [0, 0.1) is 0 Å². The summed E-state index contributed by atoms with van der Waals surface area (Å²) in [4.78, 5) is 16.4. The molecule has 1 fully saturated rings. The average molecular weight is 313 g/mol. The molecule has 20 heavy (non-hydrogen) atoms. The largest absolute Gasteiger partial charge is 0.335 e. The van der Waals surface area contributed by atoms with Gasteiger partial charge in [-0.15, -0.1) is 11.3 Å². The number of carbonyl (C=O) groups excluding carboxylic acids is 1. The van der Waals surface area contributed by atoms with Crippen molar-refractivity contribution in [2.24, 2.45) is 0 Å². The Bertz CT molecular complexity index is 447. The first-order valence-corrected chi connectivity index (χ1v) is 9.26. The van der Waals surface area contributed by atoms with Crippen LogP contribution in [-0.2, 0) is 6.54 Å². The van der Waals surface area contributed by atoms with Gasteiger partial charge in [0.25, 0.3) is 0 Å². The molecule has 1 aliphatic carbocycles. The van der Waals surface area contributed by atoms with Crippen molar-refractivity contribution < 1.29 is 4.79 Å². The van der Waals surface area contributed by atoms with E-state index in [1.807, 2.05) is 17.1 Å². The van der Waals surface area contributed by atoms with Gasteiger partial charge in [-0.3, -0.25) is 0 Å². The van der Waals surface area contributed by atoms with Gasteiger partial charge in [0.15, 0.2) is 0 Å². The Morgan fingerprint density at radius 2 is 2.35 bits per heavy atom. The van der Waals surface area contributed by atoms with Gasteiger partial charge in [-0.1, -0.05) is 13.8 Å². The zero-order chi connectivity index (χ0) is 14.5. The van der Waals surface area contributed by atoms with Gasteiger partial charge in [0.2, 0.25) is 0 Å². The molecule has 2 atom stereocenters. The minimum absolute atomic E-state index is 0.0733. The van der Waals surface area contributed by atoms with Gasteiger partial charge in [0.1, 0.15) is 0 Å². The molecule has 0 spiro atoms. The Kier molecular flexibility index (Phi) is 5.72. The number of amides is 2. The minimum atomic E-state index is -0.0733. The number of thiazole rings is 1. The number of carbonyl (C=O) groups is 1. The molecule has 0 unspecified atom stereocenters. The highest BCUT2D eigenvalue weighted by molar-refractivity contribution is 7.99. The molecule has 6 heteroatoms. The molecule has 0 aromatic carbocycles. The van der Waals surface area contributed by atoms with E-state index in [-0.39, 0.29) is 6.03 Å². The fourth-order valence-electron chi connectivity index (χ4n) is 2.36. The standard InChI is InChI=1S/C14H23N3OS2/c1-9(2)13-16-11(8-20-13)7-15-14(18)17-10-4-5-12(6-10)19-3/h8-10,12H,4-7H2,1-3H3,(H2,15,17,18)/t10-,12-/m1/s1. The zero-order valence-corrected chi connectivity index (χ0v) is 13.9. The van der Waals surface area contributed by atoms with Crippen LogP contribution in [0.5, 0.6) is 0 Å². The van der Waals surface area contributed by atoms with E-state index in [4.69, 9.17) is 0 Å². The van der Waals surface area contributed by atoms with E-state index in [0.717, 1.165) is 23.5 Å². The second-order valence-corrected chi connectivity index (χ2v) is 7.55. The lowest BCUT2D eigenvalue weighted by Gasteiger charge is -2.13. The van der Waals surface area contributed by atoms with Crippen LogP contribution in [0.2, 0.25) is 0 Å². The first-order valence-electron chi connectivity index (χ1n) is 7.10. The summed E-state index contributed by atoms with van der Waals surface area (Å²) in [7, 11) is 0. The van der Waals surface area contributed by atoms with Crippen LogP contribution < -0.4 is 10.6 Å². The summed E-state index contributed by atoms with van der Waals surface area (Å²) >= 11 is 3.56. The Labute approximate surface area is 129 Å². The number of aromatic nitrogens is 1. The van der Waals surface area contributed by atoms with Crippen LogP contribution >= 0.6 is 23.1 Å². The topological polar surface area (TPSA) is 54.0 Å². The normalized spacial score (nSPS) is 22.2. The summed E-state index contributed by atoms with van der Waals surface area (Å²) in [5.74, 6) is 0.449. The lowest BCUT2D eigenvalue weighted by molar-refractivity contribution is 0.236. The fourth-order valence-corrected chi connectivity index (χ4v) is 3.99. The van der Waals surface area contributed by atoms with Crippen molar-refractivity contribution in [1.29, 1.82) is 0 Å². The number of hydrogen-bond donors (Lipinski definition) is 2. The summed E-state index contributed by atoms with van der Waals surface area (Å²) < 4.78 is 0. The number of urea groups is 1. The van der Waals surface area contributed by atoms with Crippen LogP contribution in [0.15, 0.2) is 5.38 Å². The predicted octanol–water partition coefficient (Wildman–Crippen LogP) is 3.35. The Hall–Kier alpha value is -0.750. The number of rotatable bonds is 5. The lowest BCUT2D eigenvalue weighted by Crippen LogP contribution is -2.40. The maximum absolute atomic E-state index is 11.9. The van der Waals surface area contributed by atoms with Crippen molar-refractivity contribution in [3.63, 3.8) is 0 Å². The molecule has 2 amide bonds. The van der Waals surface area contributed by atoms with Gasteiger partial charge in [0, 0.05) is 22.6 Å². The monoisotopic (exact) mass is 313 g/mol. The van der Waals surface area contributed by atoms with Crippen molar-refractivity contribution >= 4 is 29.1 Å². The van der Waals surface area contributed by atoms with Crippen LogP contribution in [0.4, 0.5) is 4.79 Å². The van der Waals surface area contributed by atoms with Crippen molar-refractivity contribution in [3.05, 3.63) is 16.1 Å². The number of thioether (sulfide) groups is 1. The second kappa shape index (κ2) is 7.31. The first kappa shape index (κ1) is 15.6. The maximum atomic E-state index is 11.9. The van der Waals surface area contributed by atoms with Gasteiger partial charge >= 0.3 is 6.03 Å². The smallest absolute Gasteiger partial charge is 0.315 e. The van der Waals surface area contributed by atoms with E-state index in [1.165, 1.54) is 6.42 Å². The summed E-state index contributed by atoms with van der Waals surface area (Å²) in [6.07, 6.45) is 5.52. The van der Waals surface area contributed by atoms with Gasteiger partial charge in [-0.25, -0.2) is 9.78 Å². The molecular formula is C14H23N3OS2. The summed E-state index contributed by atoms with van der Waals surface area (Å²) in [5.41, 5.74) is 0.947. The molecule has 1 aromatic rings. The highest BCUT2D eigenvalue weighted by atomic mass is 32.2. The first-order chi connectivity index (χ1) is 9.58. The predicted molar refractivity (Wildman–Crippen MR) is 86.5 cm³/mol. The Morgan fingerprint density at radius 1 is 1.55 bits per heavy atom. The van der Waals surface area contributed by atoms with E-state index in [2.05, 4.69) is 35.7 Å². The summed E-state index contributed by atoms with van der Waals surface area (Å²) in [5, 5.41) is 9.80. The molecule has 0 bridgehead atoms. The van der Waals surface area contributed by atoms with Gasteiger partial charge in [-0.05, 0) is 25.5 Å². The molecule has 1 aliphatic rings. The molecular weight excluding hydrogens is 290 g/mol. The highest BCUT2D eigenvalue weighted by Gasteiger charge is 2.24. The van der Waals surface area contributed by atoms with Crippen molar-refractivity contribution in [1.82, 2.24) is 15.6 Å². The number of nitrogens with one attached hydrogen (secondary N) is 2. The van der Waals surface area contributed by atoms with Gasteiger partial charge in [-0.2, -0.15) is 11.8 Å². The third-order valence-electron chi connectivity index (χ3n) is 3.55. The van der Waals surface area contributed by atoms with Crippen LogP contribution in [0.25, 0.3) is 0 Å². The summed E-state index contributed by atoms with van der Waals surface area (Å²) in [6, 6.07) is 0.255. The van der Waals surface area contributed by atoms with Gasteiger partial charge < -0.3 is 10.6 Å². The molecule has 1 saturated carbocycles. The molecule has 4 nitrogen and oxygen atoms in total. The Balaban J connectivity index is 1.72. The molecule has 112 valence electrons. The second-order valence-electron chi connectivity index (χ2n) is 5.53. The molecule has 2 rings (SSSR count). The molecule has 0 radical (unpaired) electrons. The summed E-state index contributed by atoms with van der Waals surface area (Å²) in [6.45, 7) is 4.77. The van der Waals surface area contributed by atoms with Crippen molar-refractivity contribution in [2.45, 2.75) is 56.9 Å². The van der Waals surface area contributed by atoms with Gasteiger partial charge in [0.05, 0.1) is 17.2 Å². The molecule has 1 heterocycles. The van der Waals surface area contributed by atoms with E-state index < -0.39 is 0 Å². The molecule has 1 aromatic heterocycles. The fraction of sp³-hybridized carbons (Fsp3) is 0.714. The highest BCUT2D eigenvalue weighted by Crippen LogP contribution is 2.28. The van der Waals surface area contributed by atoms with Crippen LogP contribution in [0.1, 0.15) is 49.7 Å². The van der Waals surface area contributed by atoms with E-state index in [0.29, 0.717) is 23.8 Å². The van der Waals surface area contributed by atoms with E-state index in [9.17, 15) is 4.79 Å². The van der Waals surface area contributed by atoms with Crippen molar-refractivity contribution in [3.8, 4) is 0 Å². The molecule has 0 saturated heterocycles. The van der Waals surface area contributed by atoms with Crippen molar-refractivity contribution in [2.75, 3.05) is 6.26 Å². The lowest BCUT2D eigenvalue weighted by atomic mass is 10.2. The quantitative estimate of drug-likeness (QED) is 0.876. The third kappa shape index (κ3) is 4.38. The number of nitrogens with zero attached hydrogens (tertiary/aromatic N) is 1. The maximum Gasteiger partial charge on any atom is 0.315 e. The van der Waals surface area contributed by atoms with Crippen LogP contribution in [0.3, 0.4) is 0 Å². The molecule has 2 N–H and O–H groups in total. The number of hydrogen-bond acceptors (Lipinski definition) is 4. The molecule has 0 aliphatic heterocycles. The SMILES string of the molecule is CS[C@@H]1CC[C@@H](NC(=O)NCc2csc(C(C)C)n2)C1. The third-order valence-corrected chi connectivity index (χ3v) is 5.84. The van der Waals surface area contributed by atoms with E-state index in [1.54, 1.807) is 11.3 Å². The van der Waals surface area contributed by atoms with E-state index >= 15 is 0 Å². The van der Waals surface area contributed by atoms with Crippen LogP contribution in [-0.4, -0.2) is 28.6 Å². The minimum Gasteiger partial charge on any atom is -0.335 e. The Morgan fingerprint density at radius 3 is 2.95 bits per heavy atom. The zero-order valence-electron chi connectivity index (χ0n) is 12.3.